The summed E-state index contributed by atoms with van der Waals surface area (Å²) in [7, 11) is 1.61. The molecule has 0 aliphatic heterocycles. The number of rotatable bonds is 7. The van der Waals surface area contributed by atoms with Crippen LogP contribution in [-0.4, -0.2) is 48.8 Å². The minimum Gasteiger partial charge on any atom is -0.480 e. The summed E-state index contributed by atoms with van der Waals surface area (Å²) in [6, 6.07) is 5.57. The van der Waals surface area contributed by atoms with Crippen LogP contribution in [0.2, 0.25) is 0 Å². The molecule has 2 N–H and O–H groups in total. The standard InChI is InChI=1S/C13H17FN2O4/c1-16(8-10-2-4-11(14)5-3-10)13(19)15-6-7-20-9-12(17)18/h2-5H,6-9H2,1H3,(H,15,19)(H,17,18). The van der Waals surface area contributed by atoms with E-state index in [1.807, 2.05) is 0 Å². The molecular formula is C13H17FN2O4. The number of hydrogen-bond donors (Lipinski definition) is 2. The first kappa shape index (κ1) is 15.9. The van der Waals surface area contributed by atoms with Crippen LogP contribution < -0.4 is 5.32 Å². The lowest BCUT2D eigenvalue weighted by Crippen LogP contribution is -2.38. The molecule has 0 heterocycles. The van der Waals surface area contributed by atoms with Crippen molar-refractivity contribution in [2.24, 2.45) is 0 Å². The fourth-order valence-corrected chi connectivity index (χ4v) is 1.46. The number of amides is 2. The highest BCUT2D eigenvalue weighted by Crippen LogP contribution is 2.05. The summed E-state index contributed by atoms with van der Waals surface area (Å²) in [4.78, 5) is 23.3. The first-order chi connectivity index (χ1) is 9.49. The van der Waals surface area contributed by atoms with Crippen molar-refractivity contribution in [2.45, 2.75) is 6.54 Å². The van der Waals surface area contributed by atoms with Gasteiger partial charge in [0, 0.05) is 20.1 Å². The number of benzene rings is 1. The largest absolute Gasteiger partial charge is 0.480 e. The molecule has 0 saturated heterocycles. The Kier molecular flexibility index (Phi) is 6.45. The number of hydrogen-bond acceptors (Lipinski definition) is 3. The summed E-state index contributed by atoms with van der Waals surface area (Å²) < 4.78 is 17.5. The molecule has 0 fully saturated rings. The zero-order chi connectivity index (χ0) is 15.0. The molecule has 0 saturated carbocycles. The number of carbonyl (C=O) groups is 2. The van der Waals surface area contributed by atoms with E-state index in [-0.39, 0.29) is 31.6 Å². The normalized spacial score (nSPS) is 10.1. The fraction of sp³-hybridized carbons (Fsp3) is 0.385. The van der Waals surface area contributed by atoms with Gasteiger partial charge in [-0.15, -0.1) is 0 Å². The predicted octanol–water partition coefficient (Wildman–Crippen LogP) is 1.07. The topological polar surface area (TPSA) is 78.9 Å². The van der Waals surface area contributed by atoms with Crippen LogP contribution in [0, 0.1) is 5.82 Å². The van der Waals surface area contributed by atoms with Crippen molar-refractivity contribution in [3.05, 3.63) is 35.6 Å². The minimum absolute atomic E-state index is 0.127. The van der Waals surface area contributed by atoms with Crippen LogP contribution in [0.1, 0.15) is 5.56 Å². The number of carbonyl (C=O) groups excluding carboxylic acids is 1. The van der Waals surface area contributed by atoms with E-state index in [1.54, 1.807) is 19.2 Å². The SMILES string of the molecule is CN(Cc1ccc(F)cc1)C(=O)NCCOCC(=O)O. The Hall–Kier alpha value is -2.15. The minimum atomic E-state index is -1.05. The lowest BCUT2D eigenvalue weighted by atomic mass is 10.2. The van der Waals surface area contributed by atoms with Gasteiger partial charge < -0.3 is 20.1 Å². The molecule has 1 aromatic carbocycles. The van der Waals surface area contributed by atoms with Gasteiger partial charge in [0.2, 0.25) is 0 Å². The number of aliphatic carboxylic acids is 1. The number of nitrogens with zero attached hydrogens (tertiary/aromatic N) is 1. The first-order valence-electron chi connectivity index (χ1n) is 6.02. The van der Waals surface area contributed by atoms with Gasteiger partial charge in [-0.1, -0.05) is 12.1 Å². The molecule has 0 bridgehead atoms. The van der Waals surface area contributed by atoms with Crippen LogP contribution in [0.5, 0.6) is 0 Å². The molecule has 1 rings (SSSR count). The average Bonchev–Trinajstić information content (AvgIpc) is 2.40. The van der Waals surface area contributed by atoms with Crippen molar-refractivity contribution in [3.8, 4) is 0 Å². The van der Waals surface area contributed by atoms with Gasteiger partial charge >= 0.3 is 12.0 Å². The molecule has 7 heteroatoms. The summed E-state index contributed by atoms with van der Waals surface area (Å²) in [5.74, 6) is -1.37. The third-order valence-corrected chi connectivity index (χ3v) is 2.43. The Morgan fingerprint density at radius 3 is 2.60 bits per heavy atom. The van der Waals surface area contributed by atoms with Gasteiger partial charge in [0.1, 0.15) is 12.4 Å². The third kappa shape index (κ3) is 6.14. The number of carboxylic acid groups (broad SMARTS) is 1. The van der Waals surface area contributed by atoms with Crippen molar-refractivity contribution in [1.29, 1.82) is 0 Å². The molecule has 110 valence electrons. The van der Waals surface area contributed by atoms with Crippen molar-refractivity contribution in [2.75, 3.05) is 26.8 Å². The summed E-state index contributed by atoms with van der Waals surface area (Å²) in [5.41, 5.74) is 0.811. The molecule has 0 spiro atoms. The summed E-state index contributed by atoms with van der Waals surface area (Å²) in [6.07, 6.45) is 0. The Labute approximate surface area is 116 Å². The highest BCUT2D eigenvalue weighted by atomic mass is 19.1. The van der Waals surface area contributed by atoms with E-state index in [9.17, 15) is 14.0 Å². The van der Waals surface area contributed by atoms with Crippen LogP contribution >= 0.6 is 0 Å². The molecule has 1 aromatic rings. The van der Waals surface area contributed by atoms with E-state index < -0.39 is 5.97 Å². The molecule has 0 unspecified atom stereocenters. The zero-order valence-corrected chi connectivity index (χ0v) is 11.1. The van der Waals surface area contributed by atoms with E-state index in [1.165, 1.54) is 17.0 Å². The van der Waals surface area contributed by atoms with Crippen LogP contribution in [0.4, 0.5) is 9.18 Å². The highest BCUT2D eigenvalue weighted by molar-refractivity contribution is 5.73. The van der Waals surface area contributed by atoms with Crippen molar-refractivity contribution < 1.29 is 23.8 Å². The maximum absolute atomic E-state index is 12.7. The van der Waals surface area contributed by atoms with Crippen molar-refractivity contribution in [3.63, 3.8) is 0 Å². The van der Waals surface area contributed by atoms with Gasteiger partial charge in [0.05, 0.1) is 6.61 Å². The average molecular weight is 284 g/mol. The lowest BCUT2D eigenvalue weighted by Gasteiger charge is -2.18. The number of ether oxygens (including phenoxy) is 1. The van der Waals surface area contributed by atoms with Gasteiger partial charge in [-0.2, -0.15) is 0 Å². The molecular weight excluding hydrogens is 267 g/mol. The number of halogens is 1. The second-order valence-corrected chi connectivity index (χ2v) is 4.16. The van der Waals surface area contributed by atoms with Crippen LogP contribution in [0.15, 0.2) is 24.3 Å². The predicted molar refractivity (Wildman–Crippen MR) is 69.7 cm³/mol. The second kappa shape index (κ2) is 8.11. The molecule has 0 aromatic heterocycles. The van der Waals surface area contributed by atoms with Crippen LogP contribution in [0.3, 0.4) is 0 Å². The van der Waals surface area contributed by atoms with E-state index >= 15 is 0 Å². The molecule has 2 amide bonds. The molecule has 20 heavy (non-hydrogen) atoms. The first-order valence-corrected chi connectivity index (χ1v) is 6.02. The van der Waals surface area contributed by atoms with Gasteiger partial charge in [-0.3, -0.25) is 0 Å². The van der Waals surface area contributed by atoms with Gasteiger partial charge in [0.25, 0.3) is 0 Å². The molecule has 0 aliphatic carbocycles. The zero-order valence-electron chi connectivity index (χ0n) is 11.1. The number of urea groups is 1. The Balaban J connectivity index is 2.25. The smallest absolute Gasteiger partial charge is 0.329 e. The van der Waals surface area contributed by atoms with Crippen molar-refractivity contribution >= 4 is 12.0 Å². The lowest BCUT2D eigenvalue weighted by molar-refractivity contribution is -0.142. The van der Waals surface area contributed by atoms with E-state index in [4.69, 9.17) is 9.84 Å². The Morgan fingerprint density at radius 2 is 2.00 bits per heavy atom. The van der Waals surface area contributed by atoms with Crippen molar-refractivity contribution in [1.82, 2.24) is 10.2 Å². The number of carboxylic acids is 1. The van der Waals surface area contributed by atoms with Crippen LogP contribution in [-0.2, 0) is 16.1 Å². The Bertz CT molecular complexity index is 450. The van der Waals surface area contributed by atoms with Gasteiger partial charge in [-0.05, 0) is 17.7 Å². The number of nitrogens with one attached hydrogen (secondary N) is 1. The molecule has 0 atom stereocenters. The monoisotopic (exact) mass is 284 g/mol. The third-order valence-electron chi connectivity index (χ3n) is 2.43. The van der Waals surface area contributed by atoms with E-state index in [0.717, 1.165) is 5.56 Å². The fourth-order valence-electron chi connectivity index (χ4n) is 1.46. The molecule has 0 radical (unpaired) electrons. The van der Waals surface area contributed by atoms with E-state index in [0.29, 0.717) is 6.54 Å². The molecule has 0 aliphatic rings. The maximum Gasteiger partial charge on any atom is 0.329 e. The van der Waals surface area contributed by atoms with Crippen LogP contribution in [0.25, 0.3) is 0 Å². The van der Waals surface area contributed by atoms with E-state index in [2.05, 4.69) is 5.32 Å². The molecule has 6 nitrogen and oxygen atoms in total. The highest BCUT2D eigenvalue weighted by Gasteiger charge is 2.08. The quantitative estimate of drug-likeness (QED) is 0.734. The summed E-state index contributed by atoms with van der Waals surface area (Å²) >= 11 is 0. The second-order valence-electron chi connectivity index (χ2n) is 4.16. The maximum atomic E-state index is 12.7. The van der Waals surface area contributed by atoms with Gasteiger partial charge in [-0.25, -0.2) is 14.0 Å². The Morgan fingerprint density at radius 1 is 1.35 bits per heavy atom. The summed E-state index contributed by atoms with van der Waals surface area (Å²) in [6.45, 7) is 0.311. The summed E-state index contributed by atoms with van der Waals surface area (Å²) in [5, 5.41) is 10.9. The van der Waals surface area contributed by atoms with Gasteiger partial charge in [0.15, 0.2) is 0 Å².